The Morgan fingerprint density at radius 2 is 2.25 bits per heavy atom. The highest BCUT2D eigenvalue weighted by atomic mass is 79.9. The molecule has 1 aromatic carbocycles. The van der Waals surface area contributed by atoms with Gasteiger partial charge in [-0.05, 0) is 28.1 Å². The summed E-state index contributed by atoms with van der Waals surface area (Å²) in [5.41, 5.74) is 5.70. The molecule has 2 N–H and O–H groups in total. The van der Waals surface area contributed by atoms with Gasteiger partial charge in [0.1, 0.15) is 16.0 Å². The van der Waals surface area contributed by atoms with Crippen LogP contribution in [0.1, 0.15) is 0 Å². The van der Waals surface area contributed by atoms with E-state index in [-0.39, 0.29) is 17.1 Å². The minimum atomic E-state index is -0.462. The zero-order chi connectivity index (χ0) is 11.7. The van der Waals surface area contributed by atoms with E-state index in [9.17, 15) is 4.39 Å². The fourth-order valence-electron chi connectivity index (χ4n) is 1.34. The second kappa shape index (κ2) is 4.13. The van der Waals surface area contributed by atoms with E-state index in [1.807, 2.05) is 0 Å². The number of methoxy groups -OCH3 is 1. The first kappa shape index (κ1) is 10.9. The predicted octanol–water partition coefficient (Wildman–Crippen LogP) is 2.83. The van der Waals surface area contributed by atoms with Gasteiger partial charge in [0.05, 0.1) is 12.7 Å². The number of anilines is 1. The minimum absolute atomic E-state index is 0.167. The molecule has 0 fully saturated rings. The van der Waals surface area contributed by atoms with Gasteiger partial charge in [-0.3, -0.25) is 0 Å². The van der Waals surface area contributed by atoms with E-state index in [4.69, 9.17) is 15.0 Å². The van der Waals surface area contributed by atoms with E-state index in [0.717, 1.165) is 0 Å². The smallest absolute Gasteiger partial charge is 0.189 e. The predicted molar refractivity (Wildman–Crippen MR) is 60.6 cm³/mol. The van der Waals surface area contributed by atoms with E-state index >= 15 is 0 Å². The molecule has 0 saturated carbocycles. The summed E-state index contributed by atoms with van der Waals surface area (Å²) in [6.45, 7) is 0. The van der Waals surface area contributed by atoms with Gasteiger partial charge in [-0.1, -0.05) is 11.2 Å². The number of hydrogen-bond donors (Lipinski definition) is 1. The molecular formula is C10H8BrFN2O2. The van der Waals surface area contributed by atoms with E-state index in [1.54, 1.807) is 12.1 Å². The van der Waals surface area contributed by atoms with Crippen molar-refractivity contribution in [2.75, 3.05) is 12.8 Å². The van der Waals surface area contributed by atoms with E-state index in [2.05, 4.69) is 21.1 Å². The maximum Gasteiger partial charge on any atom is 0.189 e. The number of aromatic nitrogens is 1. The zero-order valence-electron chi connectivity index (χ0n) is 8.33. The van der Waals surface area contributed by atoms with Crippen molar-refractivity contribution in [3.63, 3.8) is 0 Å². The van der Waals surface area contributed by atoms with Crippen molar-refractivity contribution < 1.29 is 13.7 Å². The molecule has 0 spiro atoms. The SMILES string of the molecule is COc1cccc(F)c1-c1onc(N)c1Br. The van der Waals surface area contributed by atoms with Crippen LogP contribution in [0.3, 0.4) is 0 Å². The van der Waals surface area contributed by atoms with Gasteiger partial charge in [-0.25, -0.2) is 4.39 Å². The van der Waals surface area contributed by atoms with Gasteiger partial charge in [-0.2, -0.15) is 0 Å². The first-order valence-electron chi connectivity index (χ1n) is 4.38. The Kier molecular flexibility index (Phi) is 2.82. The van der Waals surface area contributed by atoms with Crippen molar-refractivity contribution in [3.05, 3.63) is 28.5 Å². The van der Waals surface area contributed by atoms with Crippen molar-refractivity contribution in [2.45, 2.75) is 0 Å². The molecular weight excluding hydrogens is 279 g/mol. The Morgan fingerprint density at radius 3 is 2.81 bits per heavy atom. The summed E-state index contributed by atoms with van der Waals surface area (Å²) in [7, 11) is 1.45. The van der Waals surface area contributed by atoms with E-state index in [0.29, 0.717) is 10.2 Å². The summed E-state index contributed by atoms with van der Waals surface area (Å²) in [6.07, 6.45) is 0. The van der Waals surface area contributed by atoms with Gasteiger partial charge in [0.2, 0.25) is 0 Å². The fourth-order valence-corrected chi connectivity index (χ4v) is 1.68. The van der Waals surface area contributed by atoms with E-state index < -0.39 is 5.82 Å². The van der Waals surface area contributed by atoms with Crippen molar-refractivity contribution in [1.82, 2.24) is 5.16 Å². The number of hydrogen-bond acceptors (Lipinski definition) is 4. The standard InChI is InChI=1S/C10H8BrFN2O2/c1-15-6-4-2-3-5(12)7(6)9-8(11)10(13)14-16-9/h2-4H,1H3,(H2,13,14). The van der Waals surface area contributed by atoms with Crippen LogP contribution in [0, 0.1) is 5.82 Å². The maximum atomic E-state index is 13.7. The zero-order valence-corrected chi connectivity index (χ0v) is 9.92. The molecule has 6 heteroatoms. The Balaban J connectivity index is 2.68. The highest BCUT2D eigenvalue weighted by molar-refractivity contribution is 9.10. The Labute approximate surface area is 99.3 Å². The highest BCUT2D eigenvalue weighted by Gasteiger charge is 2.20. The molecule has 2 rings (SSSR count). The summed E-state index contributed by atoms with van der Waals surface area (Å²) < 4.78 is 24.1. The molecule has 0 aliphatic carbocycles. The second-order valence-corrected chi connectivity index (χ2v) is 3.82. The molecule has 0 bridgehead atoms. The first-order valence-corrected chi connectivity index (χ1v) is 5.18. The summed E-state index contributed by atoms with van der Waals surface area (Å²) in [5, 5.41) is 3.54. The molecule has 1 aromatic heterocycles. The molecule has 0 radical (unpaired) electrons. The van der Waals surface area contributed by atoms with Crippen LogP contribution in [0.4, 0.5) is 10.2 Å². The number of ether oxygens (including phenoxy) is 1. The second-order valence-electron chi connectivity index (χ2n) is 3.03. The van der Waals surface area contributed by atoms with Crippen LogP contribution >= 0.6 is 15.9 Å². The Morgan fingerprint density at radius 1 is 1.50 bits per heavy atom. The molecule has 2 aromatic rings. The number of halogens is 2. The molecule has 0 saturated heterocycles. The lowest BCUT2D eigenvalue weighted by Gasteiger charge is -2.06. The summed E-state index contributed by atoms with van der Waals surface area (Å²) in [5.74, 6) is 0.279. The van der Waals surface area contributed by atoms with E-state index in [1.165, 1.54) is 13.2 Å². The van der Waals surface area contributed by atoms with Crippen LogP contribution < -0.4 is 10.5 Å². The molecule has 0 aliphatic rings. The van der Waals surface area contributed by atoms with Gasteiger partial charge in [0.25, 0.3) is 0 Å². The maximum absolute atomic E-state index is 13.7. The first-order chi connectivity index (χ1) is 7.65. The largest absolute Gasteiger partial charge is 0.496 e. The number of benzene rings is 1. The van der Waals surface area contributed by atoms with Crippen LogP contribution in [-0.2, 0) is 0 Å². The van der Waals surface area contributed by atoms with Crippen molar-refractivity contribution in [2.24, 2.45) is 0 Å². The fraction of sp³-hybridized carbons (Fsp3) is 0.100. The Bertz CT molecular complexity index is 528. The quantitative estimate of drug-likeness (QED) is 0.922. The molecule has 4 nitrogen and oxygen atoms in total. The number of nitrogens with two attached hydrogens (primary N) is 1. The van der Waals surface area contributed by atoms with Gasteiger partial charge in [0.15, 0.2) is 11.6 Å². The number of nitrogens with zero attached hydrogens (tertiary/aromatic N) is 1. The van der Waals surface area contributed by atoms with Crippen molar-refractivity contribution in [1.29, 1.82) is 0 Å². The molecule has 0 unspecified atom stereocenters. The number of nitrogen functional groups attached to an aromatic ring is 1. The van der Waals surface area contributed by atoms with Crippen molar-refractivity contribution >= 4 is 21.7 Å². The van der Waals surface area contributed by atoms with Gasteiger partial charge in [0, 0.05) is 0 Å². The third-order valence-corrected chi connectivity index (χ3v) is 2.85. The third-order valence-electron chi connectivity index (χ3n) is 2.08. The highest BCUT2D eigenvalue weighted by Crippen LogP contribution is 2.39. The average Bonchev–Trinajstić information content (AvgIpc) is 2.60. The third kappa shape index (κ3) is 1.65. The topological polar surface area (TPSA) is 61.3 Å². The van der Waals surface area contributed by atoms with Gasteiger partial charge >= 0.3 is 0 Å². The average molecular weight is 287 g/mol. The van der Waals surface area contributed by atoms with Crippen LogP contribution in [0.2, 0.25) is 0 Å². The Hall–Kier alpha value is -1.56. The van der Waals surface area contributed by atoms with Crippen LogP contribution in [0.25, 0.3) is 11.3 Å². The molecule has 0 aliphatic heterocycles. The minimum Gasteiger partial charge on any atom is -0.496 e. The summed E-state index contributed by atoms with van der Waals surface area (Å²) in [6, 6.07) is 4.48. The monoisotopic (exact) mass is 286 g/mol. The normalized spacial score (nSPS) is 10.4. The molecule has 1 heterocycles. The van der Waals surface area contributed by atoms with Crippen molar-refractivity contribution in [3.8, 4) is 17.1 Å². The number of rotatable bonds is 2. The summed E-state index contributed by atoms with van der Waals surface area (Å²) >= 11 is 3.18. The lowest BCUT2D eigenvalue weighted by Crippen LogP contribution is -1.91. The van der Waals surface area contributed by atoms with Crippen LogP contribution in [-0.4, -0.2) is 12.3 Å². The van der Waals surface area contributed by atoms with Gasteiger partial charge < -0.3 is 15.0 Å². The van der Waals surface area contributed by atoms with Crippen LogP contribution in [0.15, 0.2) is 27.2 Å². The molecule has 0 atom stereocenters. The lowest BCUT2D eigenvalue weighted by molar-refractivity contribution is 0.402. The molecule has 0 amide bonds. The van der Waals surface area contributed by atoms with Gasteiger partial charge in [-0.15, -0.1) is 0 Å². The summed E-state index contributed by atoms with van der Waals surface area (Å²) in [4.78, 5) is 0. The van der Waals surface area contributed by atoms with Crippen LogP contribution in [0.5, 0.6) is 5.75 Å². The lowest BCUT2D eigenvalue weighted by atomic mass is 10.1. The molecule has 16 heavy (non-hydrogen) atoms. The molecule has 84 valence electrons.